The van der Waals surface area contributed by atoms with Crippen molar-refractivity contribution in [1.29, 1.82) is 0 Å². The van der Waals surface area contributed by atoms with Crippen molar-refractivity contribution < 1.29 is 0 Å². The first-order valence-electron chi connectivity index (χ1n) is 6.62. The minimum Gasteiger partial charge on any atom is -0.356 e. The Morgan fingerprint density at radius 1 is 1.28 bits per heavy atom. The number of nitrogens with zero attached hydrogens (tertiary/aromatic N) is 2. The fraction of sp³-hybridized carbons (Fsp3) is 0.400. The molecule has 0 amide bonds. The lowest BCUT2D eigenvalue weighted by atomic mass is 10.1. The predicted molar refractivity (Wildman–Crippen MR) is 76.0 cm³/mol. The van der Waals surface area contributed by atoms with Crippen LogP contribution in [0.3, 0.4) is 0 Å². The van der Waals surface area contributed by atoms with Crippen LogP contribution in [0.15, 0.2) is 36.4 Å². The van der Waals surface area contributed by atoms with Crippen LogP contribution in [0.2, 0.25) is 0 Å². The van der Waals surface area contributed by atoms with Gasteiger partial charge in [-0.2, -0.15) is 0 Å². The smallest absolute Gasteiger partial charge is 0.129 e. The standard InChI is InChI=1S/C15H19N3/c1-16-10-12-8-9-18(11-12)15-7-6-13-4-2-3-5-14(13)17-15/h2-7,12,16H,8-11H2,1H3. The first-order valence-corrected chi connectivity index (χ1v) is 6.62. The van der Waals surface area contributed by atoms with Crippen LogP contribution in [0.1, 0.15) is 6.42 Å². The number of nitrogens with one attached hydrogen (secondary N) is 1. The Bertz CT molecular complexity index is 538. The molecule has 18 heavy (non-hydrogen) atoms. The van der Waals surface area contributed by atoms with Crippen molar-refractivity contribution in [3.8, 4) is 0 Å². The van der Waals surface area contributed by atoms with Crippen LogP contribution in [0.25, 0.3) is 10.9 Å². The van der Waals surface area contributed by atoms with E-state index in [0.29, 0.717) is 0 Å². The highest BCUT2D eigenvalue weighted by molar-refractivity contribution is 5.80. The number of benzene rings is 1. The summed E-state index contributed by atoms with van der Waals surface area (Å²) in [5.74, 6) is 1.87. The van der Waals surface area contributed by atoms with Crippen LogP contribution in [-0.2, 0) is 0 Å². The summed E-state index contributed by atoms with van der Waals surface area (Å²) in [4.78, 5) is 7.15. The zero-order chi connectivity index (χ0) is 12.4. The summed E-state index contributed by atoms with van der Waals surface area (Å²) in [6.45, 7) is 3.34. The summed E-state index contributed by atoms with van der Waals surface area (Å²) in [7, 11) is 2.02. The molecule has 1 aromatic carbocycles. The van der Waals surface area contributed by atoms with E-state index in [0.717, 1.165) is 36.9 Å². The van der Waals surface area contributed by atoms with E-state index in [1.54, 1.807) is 0 Å². The zero-order valence-corrected chi connectivity index (χ0v) is 10.8. The third-order valence-electron chi connectivity index (χ3n) is 3.69. The monoisotopic (exact) mass is 241 g/mol. The average molecular weight is 241 g/mol. The van der Waals surface area contributed by atoms with Gasteiger partial charge in [-0.1, -0.05) is 18.2 Å². The molecular weight excluding hydrogens is 222 g/mol. The van der Waals surface area contributed by atoms with Crippen molar-refractivity contribution in [3.05, 3.63) is 36.4 Å². The molecule has 1 aromatic heterocycles. The van der Waals surface area contributed by atoms with Crippen LogP contribution in [-0.4, -0.2) is 31.7 Å². The van der Waals surface area contributed by atoms with Gasteiger partial charge in [-0.3, -0.25) is 0 Å². The van der Waals surface area contributed by atoms with Crippen LogP contribution in [0.5, 0.6) is 0 Å². The second kappa shape index (κ2) is 4.94. The lowest BCUT2D eigenvalue weighted by Crippen LogP contribution is -2.24. The fourth-order valence-corrected chi connectivity index (χ4v) is 2.73. The molecule has 1 N–H and O–H groups in total. The van der Waals surface area contributed by atoms with E-state index in [2.05, 4.69) is 40.5 Å². The highest BCUT2D eigenvalue weighted by Gasteiger charge is 2.22. The normalized spacial score (nSPS) is 19.6. The Balaban J connectivity index is 1.82. The first kappa shape index (κ1) is 11.5. The van der Waals surface area contributed by atoms with Crippen molar-refractivity contribution in [2.45, 2.75) is 6.42 Å². The van der Waals surface area contributed by atoms with Gasteiger partial charge in [0.25, 0.3) is 0 Å². The van der Waals surface area contributed by atoms with Gasteiger partial charge in [-0.05, 0) is 44.1 Å². The molecule has 2 heterocycles. The van der Waals surface area contributed by atoms with E-state index < -0.39 is 0 Å². The average Bonchev–Trinajstić information content (AvgIpc) is 2.87. The molecule has 3 nitrogen and oxygen atoms in total. The van der Waals surface area contributed by atoms with Crippen molar-refractivity contribution in [2.24, 2.45) is 5.92 Å². The summed E-state index contributed by atoms with van der Waals surface area (Å²) in [6, 6.07) is 12.6. The lowest BCUT2D eigenvalue weighted by Gasteiger charge is -2.18. The van der Waals surface area contributed by atoms with Gasteiger partial charge < -0.3 is 10.2 Å². The van der Waals surface area contributed by atoms with Crippen LogP contribution in [0.4, 0.5) is 5.82 Å². The number of hydrogen-bond donors (Lipinski definition) is 1. The van der Waals surface area contributed by atoms with Gasteiger partial charge in [0, 0.05) is 18.5 Å². The Labute approximate surface area is 108 Å². The number of hydrogen-bond acceptors (Lipinski definition) is 3. The summed E-state index contributed by atoms with van der Waals surface area (Å²) in [6.07, 6.45) is 1.26. The highest BCUT2D eigenvalue weighted by atomic mass is 15.2. The van der Waals surface area contributed by atoms with Crippen molar-refractivity contribution in [1.82, 2.24) is 10.3 Å². The maximum absolute atomic E-state index is 4.76. The molecular formula is C15H19N3. The highest BCUT2D eigenvalue weighted by Crippen LogP contribution is 2.23. The SMILES string of the molecule is CNCC1CCN(c2ccc3ccccc3n2)C1. The van der Waals surface area contributed by atoms with E-state index in [1.165, 1.54) is 11.8 Å². The third kappa shape index (κ3) is 2.18. The topological polar surface area (TPSA) is 28.2 Å². The molecule has 1 saturated heterocycles. The number of pyridine rings is 1. The van der Waals surface area contributed by atoms with Gasteiger partial charge in [-0.25, -0.2) is 4.98 Å². The largest absolute Gasteiger partial charge is 0.356 e. The van der Waals surface area contributed by atoms with E-state index in [-0.39, 0.29) is 0 Å². The van der Waals surface area contributed by atoms with Gasteiger partial charge in [-0.15, -0.1) is 0 Å². The number of aromatic nitrogens is 1. The lowest BCUT2D eigenvalue weighted by molar-refractivity contribution is 0.549. The molecule has 94 valence electrons. The zero-order valence-electron chi connectivity index (χ0n) is 10.8. The summed E-state index contributed by atoms with van der Waals surface area (Å²) >= 11 is 0. The molecule has 1 unspecified atom stereocenters. The fourth-order valence-electron chi connectivity index (χ4n) is 2.73. The van der Waals surface area contributed by atoms with E-state index in [1.807, 2.05) is 13.1 Å². The number of anilines is 1. The Kier molecular flexibility index (Phi) is 3.15. The Hall–Kier alpha value is -1.61. The quantitative estimate of drug-likeness (QED) is 0.893. The van der Waals surface area contributed by atoms with E-state index >= 15 is 0 Å². The second-order valence-electron chi connectivity index (χ2n) is 5.02. The molecule has 1 atom stereocenters. The van der Waals surface area contributed by atoms with Gasteiger partial charge in [0.05, 0.1) is 5.52 Å². The van der Waals surface area contributed by atoms with Crippen molar-refractivity contribution >= 4 is 16.7 Å². The molecule has 0 radical (unpaired) electrons. The maximum atomic E-state index is 4.76. The molecule has 1 aliphatic heterocycles. The van der Waals surface area contributed by atoms with Crippen LogP contribution < -0.4 is 10.2 Å². The van der Waals surface area contributed by atoms with Gasteiger partial charge in [0.1, 0.15) is 5.82 Å². The maximum Gasteiger partial charge on any atom is 0.129 e. The summed E-state index contributed by atoms with van der Waals surface area (Å²) in [5.41, 5.74) is 1.09. The summed E-state index contributed by atoms with van der Waals surface area (Å²) in [5, 5.41) is 4.48. The van der Waals surface area contributed by atoms with Crippen LogP contribution >= 0.6 is 0 Å². The molecule has 1 fully saturated rings. The number of fused-ring (bicyclic) bond motifs is 1. The molecule has 1 aliphatic rings. The van der Waals surface area contributed by atoms with Crippen molar-refractivity contribution in [2.75, 3.05) is 31.6 Å². The molecule has 3 heteroatoms. The number of para-hydroxylation sites is 1. The minimum atomic E-state index is 0.753. The molecule has 0 saturated carbocycles. The molecule has 0 aliphatic carbocycles. The second-order valence-corrected chi connectivity index (χ2v) is 5.02. The third-order valence-corrected chi connectivity index (χ3v) is 3.69. The van der Waals surface area contributed by atoms with E-state index in [9.17, 15) is 0 Å². The van der Waals surface area contributed by atoms with Crippen molar-refractivity contribution in [3.63, 3.8) is 0 Å². The molecule has 2 aromatic rings. The Morgan fingerprint density at radius 2 is 2.17 bits per heavy atom. The van der Waals surface area contributed by atoms with Gasteiger partial charge >= 0.3 is 0 Å². The van der Waals surface area contributed by atoms with Crippen LogP contribution in [0, 0.1) is 5.92 Å². The van der Waals surface area contributed by atoms with Gasteiger partial charge in [0.2, 0.25) is 0 Å². The first-order chi connectivity index (χ1) is 8.86. The molecule has 3 rings (SSSR count). The van der Waals surface area contributed by atoms with Gasteiger partial charge in [0.15, 0.2) is 0 Å². The number of rotatable bonds is 3. The van der Waals surface area contributed by atoms with E-state index in [4.69, 9.17) is 4.98 Å². The summed E-state index contributed by atoms with van der Waals surface area (Å²) < 4.78 is 0. The predicted octanol–water partition coefficient (Wildman–Crippen LogP) is 2.28. The molecule has 0 bridgehead atoms. The minimum absolute atomic E-state index is 0.753. The Morgan fingerprint density at radius 3 is 3.06 bits per heavy atom. The molecule has 0 spiro atoms.